The van der Waals surface area contributed by atoms with Gasteiger partial charge in [0.1, 0.15) is 17.0 Å². The molecule has 0 unspecified atom stereocenters. The third-order valence-electron chi connectivity index (χ3n) is 9.27. The molecular formula is C39H31N8O3+. The fourth-order valence-corrected chi connectivity index (χ4v) is 6.71. The van der Waals surface area contributed by atoms with Crippen LogP contribution >= 0.6 is 0 Å². The summed E-state index contributed by atoms with van der Waals surface area (Å²) in [6.07, 6.45) is 0. The summed E-state index contributed by atoms with van der Waals surface area (Å²) in [5, 5.41) is 12.6. The number of ether oxygens (including phenoxy) is 1. The first-order valence-corrected chi connectivity index (χ1v) is 16.3. The normalized spacial score (nSPS) is 12.2. The van der Waals surface area contributed by atoms with Gasteiger partial charge in [-0.1, -0.05) is 79.3 Å². The summed E-state index contributed by atoms with van der Waals surface area (Å²) in [5.74, 6) is 1.81. The fourth-order valence-electron chi connectivity index (χ4n) is 6.71. The topological polar surface area (TPSA) is 146 Å². The van der Waals surface area contributed by atoms with Gasteiger partial charge in [-0.05, 0) is 47.4 Å². The van der Waals surface area contributed by atoms with E-state index in [1.807, 2.05) is 66.2 Å². The Balaban J connectivity index is 1.46. The molecule has 0 saturated heterocycles. The maximum absolute atomic E-state index is 11.3. The van der Waals surface area contributed by atoms with Gasteiger partial charge in [0, 0.05) is 32.7 Å². The van der Waals surface area contributed by atoms with Crippen molar-refractivity contribution < 1.29 is 19.2 Å². The van der Waals surface area contributed by atoms with Gasteiger partial charge < -0.3 is 19.8 Å². The Morgan fingerprint density at radius 3 is 1.70 bits per heavy atom. The minimum atomic E-state index is -1.06. The first-order chi connectivity index (χ1) is 24.1. The lowest BCUT2D eigenvalue weighted by Gasteiger charge is -2.18. The Morgan fingerprint density at radius 2 is 1.16 bits per heavy atom. The number of hydrogen-bond donors (Lipinski definition) is 3. The molecule has 3 aromatic heterocycles. The molecule has 2 aliphatic rings. The molecule has 0 saturated carbocycles. The van der Waals surface area contributed by atoms with Crippen molar-refractivity contribution in [2.24, 2.45) is 7.05 Å². The minimum absolute atomic E-state index is 0.0745. The van der Waals surface area contributed by atoms with Crippen molar-refractivity contribution in [2.75, 3.05) is 6.61 Å². The molecule has 0 amide bonds. The van der Waals surface area contributed by atoms with Crippen LogP contribution in [0.1, 0.15) is 26.3 Å². The second-order valence-electron chi connectivity index (χ2n) is 13.5. The van der Waals surface area contributed by atoms with E-state index in [1.54, 1.807) is 12.1 Å². The number of aromatic amines is 2. The molecule has 0 spiro atoms. The molecule has 2 aliphatic heterocycles. The number of rotatable bonds is 3. The molecule has 3 N–H and O–H groups in total. The number of benzene rings is 4. The molecular weight excluding hydrogens is 628 g/mol. The number of nitrogens with one attached hydrogen (secondary N) is 2. The highest BCUT2D eigenvalue weighted by Gasteiger charge is 2.29. The van der Waals surface area contributed by atoms with Gasteiger partial charge in [0.2, 0.25) is 11.3 Å². The third kappa shape index (κ3) is 4.69. The zero-order valence-electron chi connectivity index (χ0n) is 27.7. The van der Waals surface area contributed by atoms with E-state index in [2.05, 4.69) is 48.9 Å². The molecule has 0 aliphatic carbocycles. The summed E-state index contributed by atoms with van der Waals surface area (Å²) < 4.78 is 7.55. The van der Waals surface area contributed by atoms with Gasteiger partial charge >= 0.3 is 5.97 Å². The summed E-state index contributed by atoms with van der Waals surface area (Å²) in [4.78, 5) is 43.9. The Bertz CT molecular complexity index is 2760. The Hall–Kier alpha value is -6.49. The average Bonchev–Trinajstić information content (AvgIpc) is 3.81. The van der Waals surface area contributed by atoms with Crippen LogP contribution in [0, 0.1) is 0 Å². The molecule has 7 aromatic rings. The summed E-state index contributed by atoms with van der Waals surface area (Å²) in [6.45, 7) is 6.13. The molecule has 11 nitrogen and oxygen atoms in total. The van der Waals surface area contributed by atoms with Crippen LogP contribution in [0.4, 0.5) is 0 Å². The molecule has 8 bridgehead atoms. The lowest BCUT2D eigenvalue weighted by molar-refractivity contribution is -0.650. The molecule has 244 valence electrons. The number of hydrogen-bond acceptors (Lipinski definition) is 7. The van der Waals surface area contributed by atoms with Crippen molar-refractivity contribution >= 4 is 50.1 Å². The first kappa shape index (κ1) is 29.6. The van der Waals surface area contributed by atoms with Gasteiger partial charge in [-0.2, -0.15) is 0 Å². The van der Waals surface area contributed by atoms with E-state index in [-0.39, 0.29) is 5.41 Å². The van der Waals surface area contributed by atoms with Gasteiger partial charge in [0.25, 0.3) is 11.6 Å². The maximum atomic E-state index is 11.3. The van der Waals surface area contributed by atoms with Crippen LogP contribution in [0.2, 0.25) is 0 Å². The standard InChI is InChI=1S/C39H30N8O3/c1-39(2,3)20-13-15-24-28(17-20)35-43-33(24)41-31-22-9-5-6-10-23(22)32(40-31)42-34-25-16-14-21(50-19-30(48)49)18-29(25)36(44-34)46-38-27-12-8-7-11-26(27)37(45-35)47(38)4/h5-18H,19H2,1-4H3,(H2,40,41,42,43,44,45,46,48,49)/p+1. The predicted octanol–water partition coefficient (Wildman–Crippen LogP) is 7.06. The molecule has 0 atom stereocenters. The van der Waals surface area contributed by atoms with Crippen LogP contribution in [0.3, 0.4) is 0 Å². The predicted molar refractivity (Wildman–Crippen MR) is 191 cm³/mol. The lowest BCUT2D eigenvalue weighted by Crippen LogP contribution is -2.30. The molecule has 50 heavy (non-hydrogen) atoms. The van der Waals surface area contributed by atoms with Crippen molar-refractivity contribution in [3.8, 4) is 51.3 Å². The van der Waals surface area contributed by atoms with Gasteiger partial charge in [-0.15, -0.1) is 0 Å². The highest BCUT2D eigenvalue weighted by Crippen LogP contribution is 2.37. The third-order valence-corrected chi connectivity index (χ3v) is 9.27. The van der Waals surface area contributed by atoms with E-state index in [4.69, 9.17) is 29.7 Å². The van der Waals surface area contributed by atoms with E-state index in [1.165, 1.54) is 5.56 Å². The average molecular weight is 660 g/mol. The molecule has 11 heteroatoms. The monoisotopic (exact) mass is 659 g/mol. The SMILES string of the molecule is C[n+]1c2nc3[nH]c(nc4nc(nc5[nH]c(nc1-c1ccccc1-2)c1cc(C(C)(C)C)ccc51)-c1ccccc1-4)c1ccc(OCC(=O)O)cc31. The van der Waals surface area contributed by atoms with Crippen molar-refractivity contribution in [2.45, 2.75) is 26.2 Å². The fraction of sp³-hybridized carbons (Fsp3) is 0.154. The smallest absolute Gasteiger partial charge is 0.341 e. The van der Waals surface area contributed by atoms with Gasteiger partial charge in [0.15, 0.2) is 18.3 Å². The number of H-pyrrole nitrogens is 2. The molecule has 0 fully saturated rings. The maximum Gasteiger partial charge on any atom is 0.341 e. The summed E-state index contributed by atoms with van der Waals surface area (Å²) in [7, 11) is 1.96. The molecule has 4 aromatic carbocycles. The van der Waals surface area contributed by atoms with E-state index in [0.717, 1.165) is 49.6 Å². The number of carboxylic acid groups (broad SMARTS) is 1. The van der Waals surface area contributed by atoms with E-state index >= 15 is 0 Å². The van der Waals surface area contributed by atoms with Crippen LogP contribution in [0.15, 0.2) is 84.9 Å². The lowest BCUT2D eigenvalue weighted by atomic mass is 9.86. The first-order valence-electron chi connectivity index (χ1n) is 16.3. The quantitative estimate of drug-likeness (QED) is 0.171. The Labute approximate surface area is 285 Å². The zero-order valence-corrected chi connectivity index (χ0v) is 27.7. The van der Waals surface area contributed by atoms with Crippen LogP contribution < -0.4 is 9.30 Å². The van der Waals surface area contributed by atoms with Crippen molar-refractivity contribution in [1.29, 1.82) is 0 Å². The van der Waals surface area contributed by atoms with Crippen LogP contribution in [-0.4, -0.2) is 52.6 Å². The van der Waals surface area contributed by atoms with Crippen molar-refractivity contribution in [1.82, 2.24) is 34.9 Å². The number of aromatic nitrogens is 8. The van der Waals surface area contributed by atoms with E-state index in [9.17, 15) is 9.90 Å². The van der Waals surface area contributed by atoms with Crippen LogP contribution in [0.25, 0.3) is 89.7 Å². The summed E-state index contributed by atoms with van der Waals surface area (Å²) in [6, 6.07) is 27.8. The van der Waals surface area contributed by atoms with Gasteiger partial charge in [-0.25, -0.2) is 24.3 Å². The van der Waals surface area contributed by atoms with Crippen LogP contribution in [0.5, 0.6) is 5.75 Å². The molecule has 0 radical (unpaired) electrons. The second-order valence-corrected chi connectivity index (χ2v) is 13.5. The number of carboxylic acids is 1. The molecule has 9 rings (SSSR count). The van der Waals surface area contributed by atoms with Gasteiger partial charge in [-0.3, -0.25) is 0 Å². The Morgan fingerprint density at radius 1 is 0.660 bits per heavy atom. The van der Waals surface area contributed by atoms with Crippen molar-refractivity contribution in [3.05, 3.63) is 90.5 Å². The number of fused-ring (bicyclic) bond motifs is 20. The highest BCUT2D eigenvalue weighted by molar-refractivity contribution is 6.06. The molecule has 5 heterocycles. The minimum Gasteiger partial charge on any atom is -0.482 e. The zero-order chi connectivity index (χ0) is 34.3. The largest absolute Gasteiger partial charge is 0.482 e. The van der Waals surface area contributed by atoms with E-state index in [0.29, 0.717) is 45.8 Å². The van der Waals surface area contributed by atoms with E-state index < -0.39 is 12.6 Å². The summed E-state index contributed by atoms with van der Waals surface area (Å²) >= 11 is 0. The number of carbonyl (C=O) groups is 1. The van der Waals surface area contributed by atoms with Crippen LogP contribution in [-0.2, 0) is 17.3 Å². The van der Waals surface area contributed by atoms with Crippen molar-refractivity contribution in [3.63, 3.8) is 0 Å². The second kappa shape index (κ2) is 10.8. The van der Waals surface area contributed by atoms with Gasteiger partial charge in [0.05, 0.1) is 18.2 Å². The summed E-state index contributed by atoms with van der Waals surface area (Å²) in [5.41, 5.74) is 7.11. The number of aliphatic carboxylic acids is 1. The Kier molecular flexibility index (Phi) is 6.38. The number of nitrogens with zero attached hydrogens (tertiary/aromatic N) is 6. The highest BCUT2D eigenvalue weighted by atomic mass is 16.5.